The van der Waals surface area contributed by atoms with Crippen molar-refractivity contribution in [3.05, 3.63) is 51.3 Å². The van der Waals surface area contributed by atoms with Gasteiger partial charge in [0.15, 0.2) is 0 Å². The SMILES string of the molecule is Cc1c(C(=O)NCc2ccc(Cl)cc2Cl)cnn1C. The maximum atomic E-state index is 12.0. The Kier molecular flexibility index (Phi) is 4.12. The van der Waals surface area contributed by atoms with Crippen LogP contribution in [0, 0.1) is 6.92 Å². The molecule has 0 unspecified atom stereocenters. The number of rotatable bonds is 3. The summed E-state index contributed by atoms with van der Waals surface area (Å²) < 4.78 is 1.66. The molecule has 100 valence electrons. The van der Waals surface area contributed by atoms with Crippen LogP contribution in [0.3, 0.4) is 0 Å². The Morgan fingerprint density at radius 3 is 2.74 bits per heavy atom. The number of carbonyl (C=O) groups is 1. The van der Waals surface area contributed by atoms with Crippen LogP contribution < -0.4 is 5.32 Å². The minimum absolute atomic E-state index is 0.170. The lowest BCUT2D eigenvalue weighted by Crippen LogP contribution is -2.23. The van der Waals surface area contributed by atoms with Crippen LogP contribution in [0.15, 0.2) is 24.4 Å². The summed E-state index contributed by atoms with van der Waals surface area (Å²) in [4.78, 5) is 12.0. The first-order valence-corrected chi connectivity index (χ1v) is 6.45. The molecular formula is C13H13Cl2N3O. The van der Waals surface area contributed by atoms with Crippen molar-refractivity contribution in [2.45, 2.75) is 13.5 Å². The molecule has 4 nitrogen and oxygen atoms in total. The highest BCUT2D eigenvalue weighted by atomic mass is 35.5. The van der Waals surface area contributed by atoms with E-state index < -0.39 is 0 Å². The van der Waals surface area contributed by atoms with Crippen LogP contribution in [-0.2, 0) is 13.6 Å². The zero-order valence-corrected chi connectivity index (χ0v) is 12.1. The maximum absolute atomic E-state index is 12.0. The average Bonchev–Trinajstić information content (AvgIpc) is 2.69. The summed E-state index contributed by atoms with van der Waals surface area (Å²) in [5, 5.41) is 7.95. The fourth-order valence-corrected chi connectivity index (χ4v) is 2.13. The second-order valence-electron chi connectivity index (χ2n) is 4.19. The molecule has 0 saturated heterocycles. The van der Waals surface area contributed by atoms with Crippen molar-refractivity contribution >= 4 is 29.1 Å². The Labute approximate surface area is 121 Å². The summed E-state index contributed by atoms with van der Waals surface area (Å²) in [5.74, 6) is -0.170. The van der Waals surface area contributed by atoms with Crippen molar-refractivity contribution in [1.82, 2.24) is 15.1 Å². The quantitative estimate of drug-likeness (QED) is 0.947. The van der Waals surface area contributed by atoms with Crippen LogP contribution >= 0.6 is 23.2 Å². The highest BCUT2D eigenvalue weighted by molar-refractivity contribution is 6.35. The third-order valence-corrected chi connectivity index (χ3v) is 3.52. The van der Waals surface area contributed by atoms with E-state index in [4.69, 9.17) is 23.2 Å². The number of halogens is 2. The van der Waals surface area contributed by atoms with Gasteiger partial charge in [-0.1, -0.05) is 29.3 Å². The zero-order valence-electron chi connectivity index (χ0n) is 10.6. The predicted octanol–water partition coefficient (Wildman–Crippen LogP) is 2.97. The highest BCUT2D eigenvalue weighted by Gasteiger charge is 2.12. The molecule has 6 heteroatoms. The predicted molar refractivity (Wildman–Crippen MR) is 75.6 cm³/mol. The average molecular weight is 298 g/mol. The maximum Gasteiger partial charge on any atom is 0.255 e. The molecule has 1 aromatic heterocycles. The number of aromatic nitrogens is 2. The summed E-state index contributed by atoms with van der Waals surface area (Å²) in [6.07, 6.45) is 1.55. The van der Waals surface area contributed by atoms with E-state index >= 15 is 0 Å². The Morgan fingerprint density at radius 1 is 1.42 bits per heavy atom. The van der Waals surface area contributed by atoms with Crippen LogP contribution in [0.5, 0.6) is 0 Å². The molecule has 19 heavy (non-hydrogen) atoms. The van der Waals surface area contributed by atoms with Crippen molar-refractivity contribution in [3.8, 4) is 0 Å². The monoisotopic (exact) mass is 297 g/mol. The molecule has 1 N–H and O–H groups in total. The smallest absolute Gasteiger partial charge is 0.255 e. The topological polar surface area (TPSA) is 46.9 Å². The fraction of sp³-hybridized carbons (Fsp3) is 0.231. The van der Waals surface area contributed by atoms with Crippen molar-refractivity contribution in [2.75, 3.05) is 0 Å². The molecule has 0 atom stereocenters. The molecule has 1 aromatic carbocycles. The minimum Gasteiger partial charge on any atom is -0.348 e. The third-order valence-electron chi connectivity index (χ3n) is 2.93. The lowest BCUT2D eigenvalue weighted by atomic mass is 10.2. The highest BCUT2D eigenvalue weighted by Crippen LogP contribution is 2.20. The van der Waals surface area contributed by atoms with Gasteiger partial charge >= 0.3 is 0 Å². The van der Waals surface area contributed by atoms with E-state index in [1.807, 2.05) is 6.92 Å². The number of amides is 1. The lowest BCUT2D eigenvalue weighted by molar-refractivity contribution is 0.0950. The van der Waals surface area contributed by atoms with Gasteiger partial charge in [-0.05, 0) is 24.6 Å². The largest absolute Gasteiger partial charge is 0.348 e. The van der Waals surface area contributed by atoms with Crippen molar-refractivity contribution in [2.24, 2.45) is 7.05 Å². The van der Waals surface area contributed by atoms with Gasteiger partial charge in [0.2, 0.25) is 0 Å². The van der Waals surface area contributed by atoms with Gasteiger partial charge in [0.25, 0.3) is 5.91 Å². The van der Waals surface area contributed by atoms with Crippen molar-refractivity contribution in [3.63, 3.8) is 0 Å². The van der Waals surface area contributed by atoms with E-state index in [9.17, 15) is 4.79 Å². The Hall–Kier alpha value is -1.52. The van der Waals surface area contributed by atoms with Gasteiger partial charge in [-0.25, -0.2) is 0 Å². The standard InChI is InChI=1S/C13H13Cl2N3O/c1-8-11(7-17-18(8)2)13(19)16-6-9-3-4-10(14)5-12(9)15/h3-5,7H,6H2,1-2H3,(H,16,19). The normalized spacial score (nSPS) is 10.5. The van der Waals surface area contributed by atoms with Crippen LogP contribution in [0.2, 0.25) is 10.0 Å². The molecule has 0 aliphatic rings. The minimum atomic E-state index is -0.170. The first kappa shape index (κ1) is 13.9. The van der Waals surface area contributed by atoms with Gasteiger partial charge in [-0.2, -0.15) is 5.10 Å². The Bertz CT molecular complexity index is 622. The van der Waals surface area contributed by atoms with Gasteiger partial charge in [0, 0.05) is 29.3 Å². The Balaban J connectivity index is 2.06. The summed E-state index contributed by atoms with van der Waals surface area (Å²) in [6, 6.07) is 5.19. The van der Waals surface area contributed by atoms with Crippen molar-refractivity contribution < 1.29 is 4.79 Å². The van der Waals surface area contributed by atoms with Crippen molar-refractivity contribution in [1.29, 1.82) is 0 Å². The molecule has 0 spiro atoms. The Morgan fingerprint density at radius 2 is 2.16 bits per heavy atom. The molecule has 0 radical (unpaired) electrons. The van der Waals surface area contributed by atoms with E-state index in [1.54, 1.807) is 36.1 Å². The molecule has 1 amide bonds. The first-order chi connectivity index (χ1) is 8.99. The number of hydrogen-bond donors (Lipinski definition) is 1. The molecule has 0 bridgehead atoms. The van der Waals surface area contributed by atoms with Gasteiger partial charge in [-0.3, -0.25) is 9.48 Å². The summed E-state index contributed by atoms with van der Waals surface area (Å²) >= 11 is 11.9. The lowest BCUT2D eigenvalue weighted by Gasteiger charge is -2.07. The zero-order chi connectivity index (χ0) is 14.0. The van der Waals surface area contributed by atoms with Gasteiger partial charge < -0.3 is 5.32 Å². The van der Waals surface area contributed by atoms with Crippen LogP contribution in [0.1, 0.15) is 21.6 Å². The van der Waals surface area contributed by atoms with Gasteiger partial charge in [0.1, 0.15) is 0 Å². The number of aryl methyl sites for hydroxylation is 1. The van der Waals surface area contributed by atoms with E-state index in [0.717, 1.165) is 11.3 Å². The molecule has 0 aliphatic carbocycles. The van der Waals surface area contributed by atoms with E-state index in [0.29, 0.717) is 22.2 Å². The summed E-state index contributed by atoms with van der Waals surface area (Å²) in [6.45, 7) is 2.19. The summed E-state index contributed by atoms with van der Waals surface area (Å²) in [7, 11) is 1.79. The van der Waals surface area contributed by atoms with E-state index in [1.165, 1.54) is 0 Å². The fourth-order valence-electron chi connectivity index (χ4n) is 1.66. The van der Waals surface area contributed by atoms with Crippen LogP contribution in [0.25, 0.3) is 0 Å². The number of carbonyl (C=O) groups excluding carboxylic acids is 1. The van der Waals surface area contributed by atoms with Gasteiger partial charge in [0.05, 0.1) is 11.8 Å². The summed E-state index contributed by atoms with van der Waals surface area (Å²) in [5.41, 5.74) is 2.20. The number of hydrogen-bond acceptors (Lipinski definition) is 2. The molecule has 0 saturated carbocycles. The van der Waals surface area contributed by atoms with Crippen LogP contribution in [0.4, 0.5) is 0 Å². The molecule has 2 aromatic rings. The third kappa shape index (κ3) is 3.08. The molecule has 1 heterocycles. The second-order valence-corrected chi connectivity index (χ2v) is 5.03. The van der Waals surface area contributed by atoms with E-state index in [2.05, 4.69) is 10.4 Å². The molecule has 0 fully saturated rings. The number of benzene rings is 1. The molecule has 2 rings (SSSR count). The van der Waals surface area contributed by atoms with Gasteiger partial charge in [-0.15, -0.1) is 0 Å². The number of nitrogens with one attached hydrogen (secondary N) is 1. The molecule has 0 aliphatic heterocycles. The number of nitrogens with zero attached hydrogens (tertiary/aromatic N) is 2. The van der Waals surface area contributed by atoms with E-state index in [-0.39, 0.29) is 5.91 Å². The molecular weight excluding hydrogens is 285 g/mol. The first-order valence-electron chi connectivity index (χ1n) is 5.69. The second kappa shape index (κ2) is 5.63. The van der Waals surface area contributed by atoms with Crippen LogP contribution in [-0.4, -0.2) is 15.7 Å².